The van der Waals surface area contributed by atoms with Gasteiger partial charge < -0.3 is 4.90 Å². The zero-order chi connectivity index (χ0) is 17.9. The summed E-state index contributed by atoms with van der Waals surface area (Å²) in [5.74, 6) is 0.946. The van der Waals surface area contributed by atoms with Crippen LogP contribution in [0, 0.1) is 6.92 Å². The maximum atomic E-state index is 4.79. The van der Waals surface area contributed by atoms with E-state index in [1.807, 2.05) is 25.6 Å². The minimum Gasteiger partial charge on any atom is -0.353 e. The predicted octanol–water partition coefficient (Wildman–Crippen LogP) is 2.51. The highest BCUT2D eigenvalue weighted by molar-refractivity contribution is 5.58. The highest BCUT2D eigenvalue weighted by Crippen LogP contribution is 2.20. The average Bonchev–Trinajstić information content (AvgIpc) is 3.11. The molecule has 0 saturated carbocycles. The molecule has 1 fully saturated rings. The van der Waals surface area contributed by atoms with E-state index in [1.165, 1.54) is 11.1 Å². The Balaban J connectivity index is 1.41. The molecular weight excluding hydrogens is 324 g/mol. The molecule has 3 heterocycles. The van der Waals surface area contributed by atoms with Gasteiger partial charge in [-0.3, -0.25) is 14.6 Å². The molecule has 1 saturated heterocycles. The summed E-state index contributed by atoms with van der Waals surface area (Å²) in [5, 5.41) is 4.22. The van der Waals surface area contributed by atoms with Gasteiger partial charge in [0.05, 0.1) is 24.3 Å². The Bertz CT molecular complexity index is 879. The molecule has 4 rings (SSSR count). The molecule has 0 bridgehead atoms. The third kappa shape index (κ3) is 3.60. The van der Waals surface area contributed by atoms with Gasteiger partial charge in [-0.05, 0) is 18.1 Å². The predicted molar refractivity (Wildman–Crippen MR) is 103 cm³/mol. The maximum absolute atomic E-state index is 4.79. The van der Waals surface area contributed by atoms with Crippen LogP contribution in [0.4, 0.5) is 5.82 Å². The molecule has 26 heavy (non-hydrogen) atoms. The normalized spacial score (nSPS) is 15.4. The molecule has 0 radical (unpaired) electrons. The van der Waals surface area contributed by atoms with E-state index in [4.69, 9.17) is 4.98 Å². The zero-order valence-electron chi connectivity index (χ0n) is 15.3. The molecule has 0 atom stereocenters. The van der Waals surface area contributed by atoms with Crippen LogP contribution >= 0.6 is 0 Å². The minimum atomic E-state index is 0.873. The van der Waals surface area contributed by atoms with E-state index >= 15 is 0 Å². The zero-order valence-corrected chi connectivity index (χ0v) is 15.3. The Kier molecular flexibility index (Phi) is 4.67. The Labute approximate surface area is 154 Å². The lowest BCUT2D eigenvalue weighted by atomic mass is 10.1. The van der Waals surface area contributed by atoms with E-state index in [0.717, 1.165) is 49.8 Å². The Morgan fingerprint density at radius 3 is 2.54 bits per heavy atom. The molecule has 134 valence electrons. The van der Waals surface area contributed by atoms with Gasteiger partial charge in [0.2, 0.25) is 0 Å². The third-order valence-corrected chi connectivity index (χ3v) is 4.97. The minimum absolute atomic E-state index is 0.873. The van der Waals surface area contributed by atoms with E-state index < -0.39 is 0 Å². The Morgan fingerprint density at radius 1 is 1.00 bits per heavy atom. The topological polar surface area (TPSA) is 50.1 Å². The first kappa shape index (κ1) is 16.7. The molecule has 1 aliphatic rings. The third-order valence-electron chi connectivity index (χ3n) is 4.97. The number of aromatic nitrogens is 4. The average molecular weight is 348 g/mol. The van der Waals surface area contributed by atoms with Gasteiger partial charge in [0.1, 0.15) is 5.82 Å². The first-order valence-corrected chi connectivity index (χ1v) is 9.02. The molecular formula is C20H24N6. The summed E-state index contributed by atoms with van der Waals surface area (Å²) in [6.07, 6.45) is 7.45. The molecule has 6 heteroatoms. The fourth-order valence-corrected chi connectivity index (χ4v) is 3.36. The summed E-state index contributed by atoms with van der Waals surface area (Å²) in [6.45, 7) is 7.21. The summed E-state index contributed by atoms with van der Waals surface area (Å²) >= 11 is 0. The second kappa shape index (κ2) is 7.25. The quantitative estimate of drug-likeness (QED) is 0.725. The van der Waals surface area contributed by atoms with Crippen LogP contribution in [0.15, 0.2) is 49.1 Å². The lowest BCUT2D eigenvalue weighted by Gasteiger charge is -2.35. The second-order valence-corrected chi connectivity index (χ2v) is 6.85. The number of hydrogen-bond acceptors (Lipinski definition) is 5. The number of hydrogen-bond donors (Lipinski definition) is 0. The van der Waals surface area contributed by atoms with E-state index in [0.29, 0.717) is 0 Å². The van der Waals surface area contributed by atoms with Crippen LogP contribution in [0.3, 0.4) is 0 Å². The van der Waals surface area contributed by atoms with Crippen LogP contribution in [-0.4, -0.2) is 50.8 Å². The van der Waals surface area contributed by atoms with Crippen LogP contribution in [0.5, 0.6) is 0 Å². The molecule has 0 spiro atoms. The van der Waals surface area contributed by atoms with E-state index in [-0.39, 0.29) is 0 Å². The van der Waals surface area contributed by atoms with Gasteiger partial charge in [-0.25, -0.2) is 4.98 Å². The molecule has 6 nitrogen and oxygen atoms in total. The van der Waals surface area contributed by atoms with Crippen molar-refractivity contribution >= 4 is 5.82 Å². The second-order valence-electron chi connectivity index (χ2n) is 6.85. The molecule has 1 aromatic carbocycles. The summed E-state index contributed by atoms with van der Waals surface area (Å²) in [5.41, 5.74) is 4.65. The van der Waals surface area contributed by atoms with Crippen molar-refractivity contribution in [2.45, 2.75) is 13.5 Å². The van der Waals surface area contributed by atoms with Crippen molar-refractivity contribution in [2.75, 3.05) is 31.1 Å². The highest BCUT2D eigenvalue weighted by atomic mass is 15.3. The van der Waals surface area contributed by atoms with E-state index in [2.05, 4.69) is 51.1 Å². The summed E-state index contributed by atoms with van der Waals surface area (Å²) in [7, 11) is 1.91. The van der Waals surface area contributed by atoms with Crippen molar-refractivity contribution < 1.29 is 0 Å². The van der Waals surface area contributed by atoms with Gasteiger partial charge in [-0.2, -0.15) is 5.10 Å². The number of benzene rings is 1. The smallest absolute Gasteiger partial charge is 0.147 e. The van der Waals surface area contributed by atoms with Gasteiger partial charge in [0, 0.05) is 51.5 Å². The number of nitrogens with zero attached hydrogens (tertiary/aromatic N) is 6. The molecule has 1 aliphatic heterocycles. The van der Waals surface area contributed by atoms with Crippen LogP contribution in [0.25, 0.3) is 11.3 Å². The summed E-state index contributed by atoms with van der Waals surface area (Å²) < 4.78 is 1.79. The summed E-state index contributed by atoms with van der Waals surface area (Å²) in [4.78, 5) is 14.0. The molecule has 0 aliphatic carbocycles. The van der Waals surface area contributed by atoms with Gasteiger partial charge >= 0.3 is 0 Å². The number of rotatable bonds is 4. The monoisotopic (exact) mass is 348 g/mol. The van der Waals surface area contributed by atoms with E-state index in [9.17, 15) is 0 Å². The first-order valence-electron chi connectivity index (χ1n) is 9.02. The van der Waals surface area contributed by atoms with Crippen molar-refractivity contribution in [2.24, 2.45) is 7.05 Å². The summed E-state index contributed by atoms with van der Waals surface area (Å²) in [6, 6.07) is 8.64. The van der Waals surface area contributed by atoms with Gasteiger partial charge in [0.25, 0.3) is 0 Å². The Hall–Kier alpha value is -2.73. The molecule has 3 aromatic rings. The van der Waals surface area contributed by atoms with Crippen molar-refractivity contribution in [3.63, 3.8) is 0 Å². The van der Waals surface area contributed by atoms with E-state index in [1.54, 1.807) is 10.9 Å². The standard InChI is InChI=1S/C20H24N6/c1-16-5-3-4-6-17(16)15-25-7-9-26(10-8-25)20-13-21-12-19(23-20)18-11-22-24(2)14-18/h3-6,11-14H,7-10,15H2,1-2H3. The maximum Gasteiger partial charge on any atom is 0.147 e. The lowest BCUT2D eigenvalue weighted by molar-refractivity contribution is 0.249. The number of aryl methyl sites for hydroxylation is 2. The number of anilines is 1. The first-order chi connectivity index (χ1) is 12.7. The SMILES string of the molecule is Cc1ccccc1CN1CCN(c2cncc(-c3cnn(C)c3)n2)CC1. The molecule has 2 aromatic heterocycles. The lowest BCUT2D eigenvalue weighted by Crippen LogP contribution is -2.46. The van der Waals surface area contributed by atoms with Gasteiger partial charge in [0.15, 0.2) is 0 Å². The fraction of sp³-hybridized carbons (Fsp3) is 0.350. The largest absolute Gasteiger partial charge is 0.353 e. The van der Waals surface area contributed by atoms with Crippen LogP contribution < -0.4 is 4.90 Å². The number of piperazine rings is 1. The van der Waals surface area contributed by atoms with Gasteiger partial charge in [-0.1, -0.05) is 24.3 Å². The van der Waals surface area contributed by atoms with Crippen molar-refractivity contribution in [1.29, 1.82) is 0 Å². The Morgan fingerprint density at radius 2 is 1.81 bits per heavy atom. The fourth-order valence-electron chi connectivity index (χ4n) is 3.36. The molecule has 0 unspecified atom stereocenters. The van der Waals surface area contributed by atoms with Crippen LogP contribution in [-0.2, 0) is 13.6 Å². The molecule has 0 amide bonds. The van der Waals surface area contributed by atoms with Gasteiger partial charge in [-0.15, -0.1) is 0 Å². The van der Waals surface area contributed by atoms with Crippen molar-refractivity contribution in [3.8, 4) is 11.3 Å². The van der Waals surface area contributed by atoms with Crippen LogP contribution in [0.2, 0.25) is 0 Å². The van der Waals surface area contributed by atoms with Crippen molar-refractivity contribution in [1.82, 2.24) is 24.6 Å². The highest BCUT2D eigenvalue weighted by Gasteiger charge is 2.19. The molecule has 0 N–H and O–H groups in total. The van der Waals surface area contributed by atoms with Crippen molar-refractivity contribution in [3.05, 3.63) is 60.2 Å². The van der Waals surface area contributed by atoms with Crippen LogP contribution in [0.1, 0.15) is 11.1 Å².